The summed E-state index contributed by atoms with van der Waals surface area (Å²) >= 11 is 1.92. The molecule has 2 aliphatic rings. The molecule has 3 unspecified atom stereocenters. The number of rotatable bonds is 2. The summed E-state index contributed by atoms with van der Waals surface area (Å²) in [6.45, 7) is 9.65. The topological polar surface area (TPSA) is 15.3 Å². The summed E-state index contributed by atoms with van der Waals surface area (Å²) in [4.78, 5) is 4.24. The van der Waals surface area contributed by atoms with Crippen LogP contribution in [0.15, 0.2) is 11.4 Å². The van der Waals surface area contributed by atoms with Crippen molar-refractivity contribution in [1.82, 2.24) is 10.2 Å². The van der Waals surface area contributed by atoms with Crippen LogP contribution in [0.3, 0.4) is 0 Å². The molecule has 3 heteroatoms. The number of hydrogen-bond acceptors (Lipinski definition) is 3. The van der Waals surface area contributed by atoms with E-state index in [9.17, 15) is 0 Å². The molecule has 0 amide bonds. The van der Waals surface area contributed by atoms with Crippen molar-refractivity contribution in [2.75, 3.05) is 26.2 Å². The minimum absolute atomic E-state index is 0.616. The molecule has 3 heterocycles. The van der Waals surface area contributed by atoms with Crippen molar-refractivity contribution in [3.8, 4) is 0 Å². The Balaban J connectivity index is 1.73. The van der Waals surface area contributed by atoms with E-state index < -0.39 is 0 Å². The number of aryl methyl sites for hydroxylation is 1. The fraction of sp³-hybridized carbons (Fsp3) is 0.692. The van der Waals surface area contributed by atoms with Crippen LogP contribution in [-0.2, 0) is 0 Å². The molecule has 1 aromatic rings. The first-order valence-electron chi connectivity index (χ1n) is 6.24. The second-order valence-corrected chi connectivity index (χ2v) is 6.22. The molecule has 0 spiro atoms. The molecule has 0 bridgehead atoms. The molecule has 2 nitrogen and oxygen atoms in total. The van der Waals surface area contributed by atoms with Gasteiger partial charge in [-0.05, 0) is 55.8 Å². The van der Waals surface area contributed by atoms with Crippen LogP contribution in [-0.4, -0.2) is 31.1 Å². The SMILES string of the molecule is Cc1ccsc1C(C)N1CC2CNCC2C1. The Morgan fingerprint density at radius 1 is 1.38 bits per heavy atom. The van der Waals surface area contributed by atoms with Crippen LogP contribution in [0.25, 0.3) is 0 Å². The van der Waals surface area contributed by atoms with Gasteiger partial charge in [0, 0.05) is 24.0 Å². The minimum atomic E-state index is 0.616. The van der Waals surface area contributed by atoms with Gasteiger partial charge in [0.15, 0.2) is 0 Å². The normalized spacial score (nSPS) is 31.9. The van der Waals surface area contributed by atoms with Crippen LogP contribution in [0.2, 0.25) is 0 Å². The van der Waals surface area contributed by atoms with E-state index in [0.717, 1.165) is 11.8 Å². The summed E-state index contributed by atoms with van der Waals surface area (Å²) in [5, 5.41) is 5.73. The molecule has 16 heavy (non-hydrogen) atoms. The Bertz CT molecular complexity index is 362. The van der Waals surface area contributed by atoms with Gasteiger partial charge in [0.2, 0.25) is 0 Å². The maximum absolute atomic E-state index is 3.51. The Kier molecular flexibility index (Phi) is 2.78. The average Bonchev–Trinajstić information content (AvgIpc) is 2.89. The second kappa shape index (κ2) is 4.13. The molecule has 2 aliphatic heterocycles. The Hall–Kier alpha value is -0.380. The quantitative estimate of drug-likeness (QED) is 0.847. The van der Waals surface area contributed by atoms with Crippen molar-refractivity contribution in [2.45, 2.75) is 19.9 Å². The third-order valence-electron chi connectivity index (χ3n) is 4.25. The van der Waals surface area contributed by atoms with Gasteiger partial charge in [-0.25, -0.2) is 0 Å². The summed E-state index contributed by atoms with van der Waals surface area (Å²) in [6.07, 6.45) is 0. The lowest BCUT2D eigenvalue weighted by Gasteiger charge is -2.25. The predicted octanol–water partition coefficient (Wildman–Crippen LogP) is 2.27. The highest BCUT2D eigenvalue weighted by atomic mass is 32.1. The fourth-order valence-electron chi connectivity index (χ4n) is 3.19. The largest absolute Gasteiger partial charge is 0.316 e. The number of nitrogens with zero attached hydrogens (tertiary/aromatic N) is 1. The molecular formula is C13H20N2S. The number of nitrogens with one attached hydrogen (secondary N) is 1. The molecule has 0 aromatic carbocycles. The molecule has 0 aliphatic carbocycles. The lowest BCUT2D eigenvalue weighted by molar-refractivity contribution is 0.246. The summed E-state index contributed by atoms with van der Waals surface area (Å²) < 4.78 is 0. The number of likely N-dealkylation sites (tertiary alicyclic amines) is 1. The smallest absolute Gasteiger partial charge is 0.0416 e. The molecule has 2 saturated heterocycles. The molecule has 2 fully saturated rings. The molecule has 3 atom stereocenters. The van der Waals surface area contributed by atoms with Gasteiger partial charge in [-0.3, -0.25) is 4.90 Å². The molecule has 0 saturated carbocycles. The van der Waals surface area contributed by atoms with Crippen LogP contribution in [0.4, 0.5) is 0 Å². The van der Waals surface area contributed by atoms with E-state index in [2.05, 4.69) is 35.5 Å². The second-order valence-electron chi connectivity index (χ2n) is 5.28. The third kappa shape index (κ3) is 1.71. The summed E-state index contributed by atoms with van der Waals surface area (Å²) in [6, 6.07) is 2.86. The van der Waals surface area contributed by atoms with Crippen molar-refractivity contribution in [3.63, 3.8) is 0 Å². The third-order valence-corrected chi connectivity index (χ3v) is 5.44. The van der Waals surface area contributed by atoms with Gasteiger partial charge in [0.05, 0.1) is 0 Å². The van der Waals surface area contributed by atoms with E-state index in [4.69, 9.17) is 0 Å². The average molecular weight is 236 g/mol. The highest BCUT2D eigenvalue weighted by Crippen LogP contribution is 2.35. The molecule has 1 aromatic heterocycles. The zero-order chi connectivity index (χ0) is 11.1. The standard InChI is InChI=1S/C13H20N2S/c1-9-3-4-16-13(9)10(2)15-7-11-5-14-6-12(11)8-15/h3-4,10-12,14H,5-8H2,1-2H3. The van der Waals surface area contributed by atoms with Crippen LogP contribution >= 0.6 is 11.3 Å². The van der Waals surface area contributed by atoms with Crippen molar-refractivity contribution >= 4 is 11.3 Å². The van der Waals surface area contributed by atoms with Crippen molar-refractivity contribution in [2.24, 2.45) is 11.8 Å². The minimum Gasteiger partial charge on any atom is -0.316 e. The van der Waals surface area contributed by atoms with Gasteiger partial charge in [0.1, 0.15) is 0 Å². The molecule has 1 N–H and O–H groups in total. The van der Waals surface area contributed by atoms with Crippen molar-refractivity contribution in [3.05, 3.63) is 21.9 Å². The van der Waals surface area contributed by atoms with Gasteiger partial charge < -0.3 is 5.32 Å². The van der Waals surface area contributed by atoms with E-state index in [1.165, 1.54) is 31.7 Å². The zero-order valence-corrected chi connectivity index (χ0v) is 10.9. The number of fused-ring (bicyclic) bond motifs is 1. The van der Waals surface area contributed by atoms with E-state index in [0.29, 0.717) is 6.04 Å². The van der Waals surface area contributed by atoms with E-state index in [1.807, 2.05) is 11.3 Å². The maximum atomic E-state index is 3.51. The van der Waals surface area contributed by atoms with Crippen LogP contribution in [0.5, 0.6) is 0 Å². The van der Waals surface area contributed by atoms with Gasteiger partial charge in [0.25, 0.3) is 0 Å². The van der Waals surface area contributed by atoms with Crippen LogP contribution in [0, 0.1) is 18.8 Å². The van der Waals surface area contributed by atoms with E-state index >= 15 is 0 Å². The first-order chi connectivity index (χ1) is 7.75. The summed E-state index contributed by atoms with van der Waals surface area (Å²) in [5.74, 6) is 1.81. The highest BCUT2D eigenvalue weighted by molar-refractivity contribution is 7.10. The van der Waals surface area contributed by atoms with E-state index in [1.54, 1.807) is 4.88 Å². The Morgan fingerprint density at radius 3 is 2.62 bits per heavy atom. The lowest BCUT2D eigenvalue weighted by atomic mass is 10.0. The Labute approximate surface area is 102 Å². The monoisotopic (exact) mass is 236 g/mol. The molecular weight excluding hydrogens is 216 g/mol. The first kappa shape index (κ1) is 10.8. The van der Waals surface area contributed by atoms with Crippen LogP contribution < -0.4 is 5.32 Å². The number of thiophene rings is 1. The predicted molar refractivity (Wildman–Crippen MR) is 68.9 cm³/mol. The van der Waals surface area contributed by atoms with Gasteiger partial charge in [-0.1, -0.05) is 0 Å². The number of hydrogen-bond donors (Lipinski definition) is 1. The molecule has 0 radical (unpaired) electrons. The lowest BCUT2D eigenvalue weighted by Crippen LogP contribution is -2.28. The van der Waals surface area contributed by atoms with Crippen molar-refractivity contribution in [1.29, 1.82) is 0 Å². The van der Waals surface area contributed by atoms with E-state index in [-0.39, 0.29) is 0 Å². The Morgan fingerprint density at radius 2 is 2.06 bits per heavy atom. The maximum Gasteiger partial charge on any atom is 0.0416 e. The van der Waals surface area contributed by atoms with Crippen LogP contribution in [0.1, 0.15) is 23.4 Å². The van der Waals surface area contributed by atoms with Gasteiger partial charge in [-0.15, -0.1) is 11.3 Å². The zero-order valence-electron chi connectivity index (χ0n) is 10.1. The highest BCUT2D eigenvalue weighted by Gasteiger charge is 2.38. The van der Waals surface area contributed by atoms with Crippen molar-refractivity contribution < 1.29 is 0 Å². The first-order valence-corrected chi connectivity index (χ1v) is 7.12. The molecule has 88 valence electrons. The molecule has 3 rings (SSSR count). The van der Waals surface area contributed by atoms with Gasteiger partial charge in [-0.2, -0.15) is 0 Å². The summed E-state index contributed by atoms with van der Waals surface area (Å²) in [5.41, 5.74) is 1.47. The summed E-state index contributed by atoms with van der Waals surface area (Å²) in [7, 11) is 0. The fourth-order valence-corrected chi connectivity index (χ4v) is 4.20. The van der Waals surface area contributed by atoms with Gasteiger partial charge >= 0.3 is 0 Å².